The molecule has 17 heavy (non-hydrogen) atoms. The first-order chi connectivity index (χ1) is 8.11. The summed E-state index contributed by atoms with van der Waals surface area (Å²) in [7, 11) is 1.86. The summed E-state index contributed by atoms with van der Waals surface area (Å²) in [4.78, 5) is 13.6. The summed E-state index contributed by atoms with van der Waals surface area (Å²) in [6, 6.07) is 6.29. The minimum Gasteiger partial charge on any atom is -0.374 e. The molecule has 0 spiro atoms. The van der Waals surface area contributed by atoms with E-state index in [2.05, 4.69) is 37.4 Å². The number of hydrogen-bond acceptors (Lipinski definition) is 2. The molecular weight excluding hydrogens is 212 g/mol. The van der Waals surface area contributed by atoms with E-state index in [0.29, 0.717) is 0 Å². The number of likely N-dealkylation sites (N-methyl/N-ethyl adjacent to an activating group) is 1. The predicted molar refractivity (Wildman–Crippen MR) is 70.2 cm³/mol. The Morgan fingerprint density at radius 1 is 1.47 bits per heavy atom. The molecule has 1 heterocycles. The fourth-order valence-corrected chi connectivity index (χ4v) is 2.34. The molecule has 1 aliphatic heterocycles. The number of hydrogen-bond donors (Lipinski definition) is 1. The average Bonchev–Trinajstić information content (AvgIpc) is 2.61. The number of nitrogens with zero attached hydrogens (tertiary/aromatic N) is 1. The number of likely N-dealkylation sites (tertiary alicyclic amines) is 1. The molecule has 0 bridgehead atoms. The highest BCUT2D eigenvalue weighted by Crippen LogP contribution is 2.19. The van der Waals surface area contributed by atoms with E-state index in [4.69, 9.17) is 0 Å². The molecule has 0 aromatic heterocycles. The molecule has 1 amide bonds. The van der Waals surface area contributed by atoms with Gasteiger partial charge in [0.05, 0.1) is 0 Å². The molecule has 1 unspecified atom stereocenters. The molecule has 3 nitrogen and oxygen atoms in total. The third kappa shape index (κ3) is 2.43. The molecule has 1 aromatic carbocycles. The number of nitrogens with one attached hydrogen (secondary N) is 1. The van der Waals surface area contributed by atoms with Gasteiger partial charge in [0.25, 0.3) is 0 Å². The number of carbonyl (C=O) groups is 1. The third-order valence-electron chi connectivity index (χ3n) is 3.49. The first-order valence-corrected chi connectivity index (χ1v) is 6.23. The number of aryl methyl sites for hydroxylation is 2. The van der Waals surface area contributed by atoms with Gasteiger partial charge < -0.3 is 10.2 Å². The van der Waals surface area contributed by atoms with E-state index in [1.165, 1.54) is 11.1 Å². The molecule has 1 aliphatic rings. The molecule has 0 aliphatic carbocycles. The maximum atomic E-state index is 11.8. The normalized spacial score (nSPS) is 19.8. The number of rotatable bonds is 3. The summed E-state index contributed by atoms with van der Waals surface area (Å²) in [5, 5.41) is 3.32. The van der Waals surface area contributed by atoms with Gasteiger partial charge in [0.2, 0.25) is 5.91 Å². The number of anilines is 1. The minimum atomic E-state index is -0.0492. The lowest BCUT2D eigenvalue weighted by molar-refractivity contribution is -0.127. The van der Waals surface area contributed by atoms with Crippen LogP contribution in [0.2, 0.25) is 0 Å². The molecule has 0 radical (unpaired) electrons. The van der Waals surface area contributed by atoms with Crippen LogP contribution in [0.1, 0.15) is 24.5 Å². The topological polar surface area (TPSA) is 32.3 Å². The summed E-state index contributed by atoms with van der Waals surface area (Å²) < 4.78 is 0. The van der Waals surface area contributed by atoms with Crippen molar-refractivity contribution in [2.24, 2.45) is 0 Å². The average molecular weight is 232 g/mol. The van der Waals surface area contributed by atoms with Gasteiger partial charge in [-0.1, -0.05) is 13.0 Å². The summed E-state index contributed by atoms with van der Waals surface area (Å²) in [6.45, 7) is 5.13. The van der Waals surface area contributed by atoms with Gasteiger partial charge in [-0.3, -0.25) is 4.79 Å². The van der Waals surface area contributed by atoms with Crippen LogP contribution in [0.4, 0.5) is 5.69 Å². The fourth-order valence-electron chi connectivity index (χ4n) is 2.34. The van der Waals surface area contributed by atoms with Gasteiger partial charge >= 0.3 is 0 Å². The highest BCUT2D eigenvalue weighted by Gasteiger charge is 2.28. The van der Waals surface area contributed by atoms with Crippen molar-refractivity contribution >= 4 is 11.6 Å². The lowest BCUT2D eigenvalue weighted by Gasteiger charge is -2.14. The highest BCUT2D eigenvalue weighted by atomic mass is 16.2. The van der Waals surface area contributed by atoms with Gasteiger partial charge in [-0.05, 0) is 43.0 Å². The summed E-state index contributed by atoms with van der Waals surface area (Å²) >= 11 is 0. The van der Waals surface area contributed by atoms with E-state index in [-0.39, 0.29) is 11.9 Å². The molecular formula is C14H20N2O. The van der Waals surface area contributed by atoms with Crippen molar-refractivity contribution in [2.75, 3.05) is 18.9 Å². The number of carbonyl (C=O) groups excluding carboxylic acids is 1. The Morgan fingerprint density at radius 3 is 2.76 bits per heavy atom. The smallest absolute Gasteiger partial charge is 0.244 e. The molecule has 1 N–H and O–H groups in total. The van der Waals surface area contributed by atoms with Crippen molar-refractivity contribution in [3.8, 4) is 0 Å². The van der Waals surface area contributed by atoms with Crippen molar-refractivity contribution in [3.05, 3.63) is 29.3 Å². The zero-order valence-corrected chi connectivity index (χ0v) is 10.8. The Kier molecular flexibility index (Phi) is 3.36. The van der Waals surface area contributed by atoms with Gasteiger partial charge in [0.15, 0.2) is 0 Å². The van der Waals surface area contributed by atoms with Crippen LogP contribution in [-0.2, 0) is 11.2 Å². The lowest BCUT2D eigenvalue weighted by atomic mass is 10.1. The monoisotopic (exact) mass is 232 g/mol. The van der Waals surface area contributed by atoms with Crippen LogP contribution in [-0.4, -0.2) is 30.4 Å². The Labute approximate surface area is 103 Å². The van der Waals surface area contributed by atoms with Crippen molar-refractivity contribution in [2.45, 2.75) is 32.7 Å². The van der Waals surface area contributed by atoms with Crippen LogP contribution in [0.3, 0.4) is 0 Å². The quantitative estimate of drug-likeness (QED) is 0.866. The molecule has 3 heteroatoms. The lowest BCUT2D eigenvalue weighted by Crippen LogP contribution is -2.30. The van der Waals surface area contributed by atoms with Crippen molar-refractivity contribution < 1.29 is 4.79 Å². The van der Waals surface area contributed by atoms with Gasteiger partial charge in [-0.2, -0.15) is 0 Å². The van der Waals surface area contributed by atoms with Crippen LogP contribution in [0.25, 0.3) is 0 Å². The first-order valence-electron chi connectivity index (χ1n) is 6.23. The van der Waals surface area contributed by atoms with E-state index < -0.39 is 0 Å². The Morgan fingerprint density at radius 2 is 2.24 bits per heavy atom. The summed E-state index contributed by atoms with van der Waals surface area (Å²) in [5.41, 5.74) is 3.70. The molecule has 1 saturated heterocycles. The van der Waals surface area contributed by atoms with Gasteiger partial charge in [0, 0.05) is 19.3 Å². The third-order valence-corrected chi connectivity index (χ3v) is 3.49. The maximum absolute atomic E-state index is 11.8. The van der Waals surface area contributed by atoms with Crippen molar-refractivity contribution in [1.29, 1.82) is 0 Å². The second-order valence-electron chi connectivity index (χ2n) is 4.74. The van der Waals surface area contributed by atoms with Gasteiger partial charge in [-0.15, -0.1) is 0 Å². The van der Waals surface area contributed by atoms with Crippen LogP contribution in [0.5, 0.6) is 0 Å². The molecule has 1 aromatic rings. The second kappa shape index (κ2) is 4.78. The zero-order chi connectivity index (χ0) is 12.4. The second-order valence-corrected chi connectivity index (χ2v) is 4.74. The summed E-state index contributed by atoms with van der Waals surface area (Å²) in [5.74, 6) is 0.197. The van der Waals surface area contributed by atoms with Crippen LogP contribution in [0.15, 0.2) is 18.2 Å². The van der Waals surface area contributed by atoms with E-state index in [9.17, 15) is 4.79 Å². The van der Waals surface area contributed by atoms with Crippen LogP contribution in [0, 0.1) is 6.92 Å². The predicted octanol–water partition coefficient (Wildman–Crippen LogP) is 2.20. The Bertz CT molecular complexity index is 428. The fraction of sp³-hybridized carbons (Fsp3) is 0.500. The Balaban J connectivity index is 2.09. The Hall–Kier alpha value is -1.51. The van der Waals surface area contributed by atoms with E-state index >= 15 is 0 Å². The van der Waals surface area contributed by atoms with E-state index in [1.807, 2.05) is 7.05 Å². The molecule has 1 fully saturated rings. The van der Waals surface area contributed by atoms with E-state index in [1.54, 1.807) is 4.90 Å². The molecule has 0 saturated carbocycles. The SMILES string of the molecule is CCc1ccc(NC2CCN(C)C2=O)cc1C. The summed E-state index contributed by atoms with van der Waals surface area (Å²) in [6.07, 6.45) is 1.95. The van der Waals surface area contributed by atoms with Gasteiger partial charge in [0.1, 0.15) is 6.04 Å². The van der Waals surface area contributed by atoms with Gasteiger partial charge in [-0.25, -0.2) is 0 Å². The standard InChI is InChI=1S/C14H20N2O/c1-4-11-5-6-12(9-10(11)2)15-13-7-8-16(3)14(13)17/h5-6,9,13,15H,4,7-8H2,1-3H3. The number of benzene rings is 1. The highest BCUT2D eigenvalue weighted by molar-refractivity contribution is 5.86. The van der Waals surface area contributed by atoms with Crippen LogP contribution < -0.4 is 5.32 Å². The largest absolute Gasteiger partial charge is 0.374 e. The number of amides is 1. The molecule has 1 atom stereocenters. The minimum absolute atomic E-state index is 0.0492. The van der Waals surface area contributed by atoms with Crippen molar-refractivity contribution in [1.82, 2.24) is 4.90 Å². The first kappa shape index (κ1) is 12.0. The molecule has 2 rings (SSSR count). The zero-order valence-electron chi connectivity index (χ0n) is 10.8. The maximum Gasteiger partial charge on any atom is 0.244 e. The van der Waals surface area contributed by atoms with E-state index in [0.717, 1.165) is 25.1 Å². The van der Waals surface area contributed by atoms with Crippen LogP contribution >= 0.6 is 0 Å². The molecule has 92 valence electrons. The van der Waals surface area contributed by atoms with Crippen molar-refractivity contribution in [3.63, 3.8) is 0 Å².